The third kappa shape index (κ3) is 3.01. The summed E-state index contributed by atoms with van der Waals surface area (Å²) in [5.74, 6) is 0.562. The van der Waals surface area contributed by atoms with Crippen molar-refractivity contribution < 1.29 is 22.7 Å². The van der Waals surface area contributed by atoms with E-state index in [9.17, 15) is 13.2 Å². The molecule has 1 aliphatic heterocycles. The Morgan fingerprint density at radius 3 is 2.29 bits per heavy atom. The lowest BCUT2D eigenvalue weighted by atomic mass is 10.1. The zero-order valence-corrected chi connectivity index (χ0v) is 14.3. The monoisotopic (exact) mass is 346 g/mol. The summed E-state index contributed by atoms with van der Waals surface area (Å²) in [4.78, 5) is 12.8. The highest BCUT2D eigenvalue weighted by molar-refractivity contribution is 7.92. The Morgan fingerprint density at radius 2 is 1.62 bits per heavy atom. The number of carbonyl (C=O) groups excluding carboxylic acids is 1. The van der Waals surface area contributed by atoms with Gasteiger partial charge in [-0.3, -0.25) is 4.79 Å². The summed E-state index contributed by atoms with van der Waals surface area (Å²) >= 11 is 0. The Morgan fingerprint density at radius 1 is 1.00 bits per heavy atom. The number of Topliss-reactive ketones (excluding diaryl/α,β-unsaturated/α-hetero) is 1. The van der Waals surface area contributed by atoms with Crippen molar-refractivity contribution in [3.8, 4) is 11.5 Å². The number of fused-ring (bicyclic) bond motifs is 1. The van der Waals surface area contributed by atoms with Gasteiger partial charge >= 0.3 is 0 Å². The van der Waals surface area contributed by atoms with Crippen LogP contribution in [-0.2, 0) is 9.84 Å². The molecule has 0 spiro atoms. The number of hydrogen-bond acceptors (Lipinski definition) is 5. The minimum atomic E-state index is -3.75. The minimum Gasteiger partial charge on any atom is -0.486 e. The van der Waals surface area contributed by atoms with E-state index in [0.717, 1.165) is 5.56 Å². The average Bonchev–Trinajstić information content (AvgIpc) is 2.60. The van der Waals surface area contributed by atoms with Gasteiger partial charge in [0.25, 0.3) is 0 Å². The van der Waals surface area contributed by atoms with Crippen LogP contribution >= 0.6 is 0 Å². The molecule has 0 unspecified atom stereocenters. The van der Waals surface area contributed by atoms with E-state index in [-0.39, 0.29) is 4.90 Å². The van der Waals surface area contributed by atoms with Gasteiger partial charge in [0.1, 0.15) is 18.5 Å². The van der Waals surface area contributed by atoms with E-state index in [2.05, 4.69) is 0 Å². The Labute approximate surface area is 141 Å². The topological polar surface area (TPSA) is 69.7 Å². The molecular formula is C18H18O5S. The molecular weight excluding hydrogens is 328 g/mol. The summed E-state index contributed by atoms with van der Waals surface area (Å²) < 4.78 is 36.2. The summed E-state index contributed by atoms with van der Waals surface area (Å²) in [6.45, 7) is 4.15. The fraction of sp³-hybridized carbons (Fsp3) is 0.278. The highest BCUT2D eigenvalue weighted by atomic mass is 32.2. The second-order valence-electron chi connectivity index (χ2n) is 5.72. The molecule has 0 radical (unpaired) electrons. The molecule has 2 aromatic rings. The van der Waals surface area contributed by atoms with Gasteiger partial charge in [-0.15, -0.1) is 0 Å². The van der Waals surface area contributed by atoms with E-state index in [4.69, 9.17) is 9.47 Å². The summed E-state index contributed by atoms with van der Waals surface area (Å²) in [5, 5.41) is -1.18. The Hall–Kier alpha value is -2.34. The molecule has 2 aromatic carbocycles. The quantitative estimate of drug-likeness (QED) is 0.796. The van der Waals surface area contributed by atoms with Crippen LogP contribution in [0, 0.1) is 6.92 Å². The Balaban J connectivity index is 1.90. The molecule has 0 aromatic heterocycles. The minimum absolute atomic E-state index is 0.145. The van der Waals surface area contributed by atoms with Gasteiger partial charge < -0.3 is 9.47 Å². The normalized spacial score (nSPS) is 14.9. The van der Waals surface area contributed by atoms with E-state index >= 15 is 0 Å². The van der Waals surface area contributed by atoms with Crippen LogP contribution in [0.1, 0.15) is 22.8 Å². The van der Waals surface area contributed by atoms with Crippen molar-refractivity contribution in [2.45, 2.75) is 24.0 Å². The largest absolute Gasteiger partial charge is 0.486 e. The molecule has 0 saturated carbocycles. The van der Waals surface area contributed by atoms with Gasteiger partial charge in [0.2, 0.25) is 0 Å². The molecule has 126 valence electrons. The molecule has 0 bridgehead atoms. The van der Waals surface area contributed by atoms with Crippen LogP contribution in [0.15, 0.2) is 47.4 Å². The van der Waals surface area contributed by atoms with E-state index < -0.39 is 20.9 Å². The zero-order valence-electron chi connectivity index (χ0n) is 13.5. The average molecular weight is 346 g/mol. The molecule has 3 rings (SSSR count). The van der Waals surface area contributed by atoms with Gasteiger partial charge in [-0.2, -0.15) is 0 Å². The van der Waals surface area contributed by atoms with Crippen molar-refractivity contribution >= 4 is 15.6 Å². The smallest absolute Gasteiger partial charge is 0.188 e. The zero-order chi connectivity index (χ0) is 17.3. The summed E-state index contributed by atoms with van der Waals surface area (Å²) in [6, 6.07) is 11.2. The van der Waals surface area contributed by atoms with E-state index in [0.29, 0.717) is 30.3 Å². The molecule has 0 aliphatic carbocycles. The van der Waals surface area contributed by atoms with Crippen molar-refractivity contribution in [1.82, 2.24) is 0 Å². The van der Waals surface area contributed by atoms with Gasteiger partial charge in [-0.25, -0.2) is 8.42 Å². The molecule has 0 amide bonds. The standard InChI is InChI=1S/C18H18O5S/c1-12-3-6-15(7-4-12)24(20,21)13(2)18(19)14-5-8-16-17(11-14)23-10-9-22-16/h3-8,11,13H,9-10H2,1-2H3/t13-/m1/s1. The molecule has 1 aliphatic rings. The number of carbonyl (C=O) groups is 1. The summed E-state index contributed by atoms with van der Waals surface area (Å²) in [7, 11) is -3.75. The Bertz CT molecular complexity index is 869. The molecule has 0 N–H and O–H groups in total. The number of ether oxygens (including phenoxy) is 2. The Kier molecular flexibility index (Phi) is 4.32. The third-order valence-corrected chi connectivity index (χ3v) is 6.09. The van der Waals surface area contributed by atoms with Crippen LogP contribution in [0.25, 0.3) is 0 Å². The van der Waals surface area contributed by atoms with Gasteiger partial charge in [-0.05, 0) is 44.2 Å². The number of aryl methyl sites for hydroxylation is 1. The molecule has 24 heavy (non-hydrogen) atoms. The SMILES string of the molecule is Cc1ccc(S(=O)(=O)[C@H](C)C(=O)c2ccc3c(c2)OCCO3)cc1. The van der Waals surface area contributed by atoms with Gasteiger partial charge in [0.05, 0.1) is 4.90 Å². The molecule has 0 saturated heterocycles. The van der Waals surface area contributed by atoms with Crippen molar-refractivity contribution in [2.24, 2.45) is 0 Å². The second kappa shape index (κ2) is 6.28. The number of ketones is 1. The fourth-order valence-electron chi connectivity index (χ4n) is 2.50. The molecule has 5 nitrogen and oxygen atoms in total. The summed E-state index contributed by atoms with van der Waals surface area (Å²) in [5.41, 5.74) is 1.25. The molecule has 1 heterocycles. The van der Waals surface area contributed by atoms with Crippen molar-refractivity contribution in [1.29, 1.82) is 0 Å². The van der Waals surface area contributed by atoms with Crippen LogP contribution in [0.3, 0.4) is 0 Å². The van der Waals surface area contributed by atoms with E-state index in [1.54, 1.807) is 24.3 Å². The van der Waals surface area contributed by atoms with Crippen LogP contribution < -0.4 is 9.47 Å². The van der Waals surface area contributed by atoms with Gasteiger partial charge in [0.15, 0.2) is 27.1 Å². The van der Waals surface area contributed by atoms with E-state index in [1.165, 1.54) is 25.1 Å². The van der Waals surface area contributed by atoms with Crippen molar-refractivity contribution in [3.05, 3.63) is 53.6 Å². The van der Waals surface area contributed by atoms with Crippen LogP contribution in [-0.4, -0.2) is 32.7 Å². The van der Waals surface area contributed by atoms with Crippen LogP contribution in [0.4, 0.5) is 0 Å². The first-order valence-electron chi connectivity index (χ1n) is 7.64. The highest BCUT2D eigenvalue weighted by Crippen LogP contribution is 2.31. The summed E-state index contributed by atoms with van der Waals surface area (Å²) in [6.07, 6.45) is 0. The maximum absolute atomic E-state index is 12.7. The highest BCUT2D eigenvalue weighted by Gasteiger charge is 2.31. The van der Waals surface area contributed by atoms with Crippen molar-refractivity contribution in [3.63, 3.8) is 0 Å². The van der Waals surface area contributed by atoms with E-state index in [1.807, 2.05) is 6.92 Å². The molecule has 6 heteroatoms. The first kappa shape index (κ1) is 16.5. The third-order valence-electron chi connectivity index (χ3n) is 4.01. The molecule has 1 atom stereocenters. The molecule has 0 fully saturated rings. The van der Waals surface area contributed by atoms with Crippen LogP contribution in [0.2, 0.25) is 0 Å². The predicted octanol–water partition coefficient (Wildman–Crippen LogP) is 2.81. The van der Waals surface area contributed by atoms with Crippen molar-refractivity contribution in [2.75, 3.05) is 13.2 Å². The first-order valence-corrected chi connectivity index (χ1v) is 9.18. The van der Waals surface area contributed by atoms with Gasteiger partial charge in [-0.1, -0.05) is 17.7 Å². The lowest BCUT2D eigenvalue weighted by Crippen LogP contribution is -2.27. The maximum Gasteiger partial charge on any atom is 0.188 e. The number of sulfone groups is 1. The van der Waals surface area contributed by atoms with Crippen LogP contribution in [0.5, 0.6) is 11.5 Å². The van der Waals surface area contributed by atoms with Gasteiger partial charge in [0, 0.05) is 5.56 Å². The predicted molar refractivity (Wildman–Crippen MR) is 89.6 cm³/mol. The fourth-order valence-corrected chi connectivity index (χ4v) is 3.85. The number of hydrogen-bond donors (Lipinski definition) is 0. The maximum atomic E-state index is 12.7. The lowest BCUT2D eigenvalue weighted by Gasteiger charge is -2.19. The first-order chi connectivity index (χ1) is 11.4. The lowest BCUT2D eigenvalue weighted by molar-refractivity contribution is 0.0990. The second-order valence-corrected chi connectivity index (χ2v) is 7.99. The number of benzene rings is 2. The number of rotatable bonds is 4.